The standard InChI is InChI=1S/C22H23N3O3/c1-14-13-18(24-20(26)16-6-3-2-5-15(14)16)25-11-8-22(9-12-25)19-17(21(27)28-22)7-4-10-23-19/h4,7,10,13H,1-3,5-6,8-9,11-12H2,(H,24,26). The molecule has 4 aliphatic rings. The van der Waals surface area contributed by atoms with E-state index < -0.39 is 5.60 Å². The number of carbonyl (C=O) groups is 2. The number of hydrogen-bond donors (Lipinski definition) is 1. The van der Waals surface area contributed by atoms with Crippen LogP contribution in [0.2, 0.25) is 0 Å². The van der Waals surface area contributed by atoms with Crippen molar-refractivity contribution in [1.29, 1.82) is 0 Å². The van der Waals surface area contributed by atoms with Gasteiger partial charge in [0.05, 0.1) is 11.3 Å². The lowest BCUT2D eigenvalue weighted by Gasteiger charge is -2.39. The lowest BCUT2D eigenvalue weighted by Crippen LogP contribution is -2.46. The zero-order valence-corrected chi connectivity index (χ0v) is 15.8. The van der Waals surface area contributed by atoms with Crippen molar-refractivity contribution in [2.75, 3.05) is 13.1 Å². The third-order valence-corrected chi connectivity index (χ3v) is 6.34. The molecule has 1 aliphatic carbocycles. The van der Waals surface area contributed by atoms with Gasteiger partial charge in [-0.15, -0.1) is 0 Å². The van der Waals surface area contributed by atoms with Crippen molar-refractivity contribution in [2.24, 2.45) is 0 Å². The summed E-state index contributed by atoms with van der Waals surface area (Å²) in [4.78, 5) is 31.6. The summed E-state index contributed by atoms with van der Waals surface area (Å²) in [5, 5.41) is 3.09. The van der Waals surface area contributed by atoms with E-state index >= 15 is 0 Å². The van der Waals surface area contributed by atoms with Crippen molar-refractivity contribution in [3.8, 4) is 0 Å². The summed E-state index contributed by atoms with van der Waals surface area (Å²) in [6, 6.07) is 3.54. The third-order valence-electron chi connectivity index (χ3n) is 6.34. The number of hydrogen-bond acceptors (Lipinski definition) is 5. The summed E-state index contributed by atoms with van der Waals surface area (Å²) < 4.78 is 5.78. The second-order valence-corrected chi connectivity index (χ2v) is 7.94. The van der Waals surface area contributed by atoms with Gasteiger partial charge in [-0.1, -0.05) is 6.58 Å². The number of esters is 1. The molecule has 0 saturated carbocycles. The molecule has 3 aliphatic heterocycles. The van der Waals surface area contributed by atoms with E-state index in [1.807, 2.05) is 6.08 Å². The summed E-state index contributed by atoms with van der Waals surface area (Å²) in [5.41, 5.74) is 3.60. The normalized spacial score (nSPS) is 23.6. The molecule has 1 amide bonds. The Balaban J connectivity index is 1.36. The minimum atomic E-state index is -0.645. The van der Waals surface area contributed by atoms with Crippen molar-refractivity contribution in [2.45, 2.75) is 44.1 Å². The minimum Gasteiger partial charge on any atom is -0.449 e. The molecule has 1 aromatic heterocycles. The first-order valence-electron chi connectivity index (χ1n) is 9.95. The second-order valence-electron chi connectivity index (χ2n) is 7.94. The van der Waals surface area contributed by atoms with Crippen LogP contribution >= 0.6 is 0 Å². The van der Waals surface area contributed by atoms with Crippen molar-refractivity contribution in [1.82, 2.24) is 15.2 Å². The number of allylic oxidation sites excluding steroid dienone is 3. The maximum Gasteiger partial charge on any atom is 0.341 e. The van der Waals surface area contributed by atoms with Gasteiger partial charge in [0.25, 0.3) is 5.91 Å². The highest BCUT2D eigenvalue weighted by Gasteiger charge is 2.49. The molecule has 0 unspecified atom stereocenters. The highest BCUT2D eigenvalue weighted by Crippen LogP contribution is 2.43. The van der Waals surface area contributed by atoms with Crippen LogP contribution in [0.3, 0.4) is 0 Å². The van der Waals surface area contributed by atoms with Crippen LogP contribution in [-0.4, -0.2) is 34.8 Å². The number of piperidine rings is 1. The van der Waals surface area contributed by atoms with Crippen LogP contribution in [-0.2, 0) is 15.1 Å². The molecule has 1 aromatic rings. The van der Waals surface area contributed by atoms with Crippen LogP contribution in [0, 0.1) is 0 Å². The van der Waals surface area contributed by atoms with E-state index in [-0.39, 0.29) is 11.9 Å². The molecule has 144 valence electrons. The Hall–Kier alpha value is -2.89. The largest absolute Gasteiger partial charge is 0.449 e. The summed E-state index contributed by atoms with van der Waals surface area (Å²) in [5.74, 6) is 0.507. The lowest BCUT2D eigenvalue weighted by atomic mass is 9.87. The number of likely N-dealkylation sites (tertiary alicyclic amines) is 1. The molecular weight excluding hydrogens is 354 g/mol. The smallest absolute Gasteiger partial charge is 0.341 e. The molecule has 0 radical (unpaired) electrons. The molecule has 1 N–H and O–H groups in total. The average Bonchev–Trinajstić information content (AvgIpc) is 2.92. The number of nitrogens with one attached hydrogen (secondary N) is 1. The first kappa shape index (κ1) is 17.2. The van der Waals surface area contributed by atoms with Crippen LogP contribution in [0.5, 0.6) is 0 Å². The quantitative estimate of drug-likeness (QED) is 0.762. The molecule has 0 aromatic carbocycles. The average molecular weight is 377 g/mol. The Morgan fingerprint density at radius 2 is 1.89 bits per heavy atom. The van der Waals surface area contributed by atoms with Gasteiger partial charge in [0.15, 0.2) is 5.60 Å². The van der Waals surface area contributed by atoms with Gasteiger partial charge in [-0.2, -0.15) is 0 Å². The van der Waals surface area contributed by atoms with Gasteiger partial charge in [-0.05, 0) is 55.0 Å². The molecular formula is C22H23N3O3. The molecule has 6 nitrogen and oxygen atoms in total. The van der Waals surface area contributed by atoms with Gasteiger partial charge in [0.1, 0.15) is 5.82 Å². The summed E-state index contributed by atoms with van der Waals surface area (Å²) in [7, 11) is 0. The summed E-state index contributed by atoms with van der Waals surface area (Å²) >= 11 is 0. The van der Waals surface area contributed by atoms with Crippen LogP contribution in [0.25, 0.3) is 0 Å². The predicted octanol–water partition coefficient (Wildman–Crippen LogP) is 2.94. The van der Waals surface area contributed by atoms with Crippen LogP contribution in [0.4, 0.5) is 0 Å². The number of pyridine rings is 1. The van der Waals surface area contributed by atoms with E-state index in [4.69, 9.17) is 4.74 Å². The SMILES string of the molecule is C=C1C=C(N2CCC3(CC2)OC(=O)c2cccnc23)NC(=O)C2=C1CCCC2. The van der Waals surface area contributed by atoms with E-state index in [0.29, 0.717) is 31.5 Å². The molecule has 1 fully saturated rings. The molecule has 0 bridgehead atoms. The molecule has 28 heavy (non-hydrogen) atoms. The van der Waals surface area contributed by atoms with Gasteiger partial charge in [-0.25, -0.2) is 4.79 Å². The fourth-order valence-electron chi connectivity index (χ4n) is 4.82. The summed E-state index contributed by atoms with van der Waals surface area (Å²) in [6.07, 6.45) is 8.91. The Bertz CT molecular complexity index is 952. The second kappa shape index (κ2) is 6.33. The number of rotatable bonds is 1. The Morgan fingerprint density at radius 3 is 2.68 bits per heavy atom. The van der Waals surface area contributed by atoms with E-state index in [9.17, 15) is 9.59 Å². The van der Waals surface area contributed by atoms with Gasteiger partial charge >= 0.3 is 5.97 Å². The van der Waals surface area contributed by atoms with Gasteiger partial charge in [0.2, 0.25) is 0 Å². The van der Waals surface area contributed by atoms with E-state index in [1.54, 1.807) is 18.3 Å². The van der Waals surface area contributed by atoms with Crippen molar-refractivity contribution < 1.29 is 14.3 Å². The zero-order chi connectivity index (χ0) is 19.3. The van der Waals surface area contributed by atoms with Gasteiger partial charge < -0.3 is 15.0 Å². The van der Waals surface area contributed by atoms with Crippen molar-refractivity contribution in [3.63, 3.8) is 0 Å². The predicted molar refractivity (Wildman–Crippen MR) is 103 cm³/mol. The van der Waals surface area contributed by atoms with E-state index in [0.717, 1.165) is 53.9 Å². The molecule has 6 heteroatoms. The Labute approximate surface area is 164 Å². The van der Waals surface area contributed by atoms with Crippen LogP contribution < -0.4 is 5.32 Å². The minimum absolute atomic E-state index is 0.000747. The molecule has 0 atom stereocenters. The van der Waals surface area contributed by atoms with Gasteiger partial charge in [0, 0.05) is 37.7 Å². The third kappa shape index (κ3) is 2.58. The van der Waals surface area contributed by atoms with Crippen LogP contribution in [0.15, 0.2) is 53.5 Å². The maximum atomic E-state index is 12.7. The zero-order valence-electron chi connectivity index (χ0n) is 15.8. The number of carbonyl (C=O) groups excluding carboxylic acids is 2. The first-order chi connectivity index (χ1) is 13.6. The fourth-order valence-corrected chi connectivity index (χ4v) is 4.82. The number of aromatic nitrogens is 1. The van der Waals surface area contributed by atoms with Crippen LogP contribution in [0.1, 0.15) is 54.6 Å². The van der Waals surface area contributed by atoms with Crippen molar-refractivity contribution in [3.05, 3.63) is 64.8 Å². The molecule has 4 heterocycles. The van der Waals surface area contributed by atoms with Crippen molar-refractivity contribution >= 4 is 11.9 Å². The number of fused-ring (bicyclic) bond motifs is 2. The Kier molecular flexibility index (Phi) is 3.89. The molecule has 1 spiro atoms. The molecule has 1 saturated heterocycles. The van der Waals surface area contributed by atoms with E-state index in [1.165, 1.54) is 0 Å². The number of amides is 1. The summed E-state index contributed by atoms with van der Waals surface area (Å²) in [6.45, 7) is 5.56. The monoisotopic (exact) mass is 377 g/mol. The topological polar surface area (TPSA) is 71.5 Å². The highest BCUT2D eigenvalue weighted by atomic mass is 16.6. The molecule has 5 rings (SSSR count). The number of nitrogens with zero attached hydrogens (tertiary/aromatic N) is 2. The lowest BCUT2D eigenvalue weighted by molar-refractivity contribution is -0.117. The first-order valence-corrected chi connectivity index (χ1v) is 9.95. The number of ether oxygens (including phenoxy) is 1. The van der Waals surface area contributed by atoms with E-state index in [2.05, 4.69) is 21.8 Å². The van der Waals surface area contributed by atoms with Gasteiger partial charge in [-0.3, -0.25) is 9.78 Å². The highest BCUT2D eigenvalue weighted by molar-refractivity contribution is 5.97. The fraction of sp³-hybridized carbons (Fsp3) is 0.409. The Morgan fingerprint density at radius 1 is 1.14 bits per heavy atom. The maximum absolute atomic E-state index is 12.7.